The molecule has 0 aliphatic carbocycles. The van der Waals surface area contributed by atoms with E-state index in [1.807, 2.05) is 55.5 Å². The zero-order valence-corrected chi connectivity index (χ0v) is 12.8. The number of aliphatic hydroxyl groups excluding tert-OH is 1. The first-order chi connectivity index (χ1) is 10.1. The molecule has 0 aliphatic heterocycles. The van der Waals surface area contributed by atoms with Crippen LogP contribution in [0.3, 0.4) is 0 Å². The van der Waals surface area contributed by atoms with Crippen molar-refractivity contribution in [3.05, 3.63) is 64.7 Å². The minimum atomic E-state index is -0.545. The summed E-state index contributed by atoms with van der Waals surface area (Å²) in [6.45, 7) is 3.26. The lowest BCUT2D eigenvalue weighted by molar-refractivity contribution is 0.0348. The fraction of sp³-hybridized carbons (Fsp3) is 0.294. The van der Waals surface area contributed by atoms with Crippen LogP contribution in [0.5, 0.6) is 0 Å². The Kier molecular flexibility index (Phi) is 6.05. The number of anilines is 1. The Hall–Kier alpha value is -1.55. The van der Waals surface area contributed by atoms with E-state index in [-0.39, 0.29) is 0 Å². The molecule has 1 unspecified atom stereocenters. The highest BCUT2D eigenvalue weighted by Crippen LogP contribution is 2.13. The normalized spacial score (nSPS) is 12.1. The van der Waals surface area contributed by atoms with Gasteiger partial charge in [0.2, 0.25) is 0 Å². The third kappa shape index (κ3) is 5.38. The molecule has 0 radical (unpaired) electrons. The number of rotatable bonds is 7. The molecule has 0 heterocycles. The van der Waals surface area contributed by atoms with Crippen LogP contribution < -0.4 is 5.32 Å². The molecule has 0 amide bonds. The van der Waals surface area contributed by atoms with Crippen LogP contribution in [0.15, 0.2) is 48.5 Å². The maximum Gasteiger partial charge on any atom is 0.0945 e. The molecule has 0 fully saturated rings. The number of benzene rings is 2. The first-order valence-corrected chi connectivity index (χ1v) is 7.32. The molecule has 0 bridgehead atoms. The monoisotopic (exact) mass is 305 g/mol. The van der Waals surface area contributed by atoms with Crippen molar-refractivity contribution in [3.63, 3.8) is 0 Å². The van der Waals surface area contributed by atoms with Crippen LogP contribution in [0.4, 0.5) is 5.69 Å². The zero-order chi connectivity index (χ0) is 15.1. The van der Waals surface area contributed by atoms with Crippen molar-refractivity contribution in [2.75, 3.05) is 18.5 Å². The molecule has 112 valence electrons. The maximum atomic E-state index is 9.91. The topological polar surface area (TPSA) is 41.5 Å². The van der Waals surface area contributed by atoms with Gasteiger partial charge in [-0.2, -0.15) is 0 Å². The number of hydrogen-bond acceptors (Lipinski definition) is 3. The van der Waals surface area contributed by atoms with Gasteiger partial charge in [-0.1, -0.05) is 41.9 Å². The number of para-hydroxylation sites is 1. The Bertz CT molecular complexity index is 557. The van der Waals surface area contributed by atoms with Crippen LogP contribution in [0.25, 0.3) is 0 Å². The van der Waals surface area contributed by atoms with Gasteiger partial charge in [0.25, 0.3) is 0 Å². The first-order valence-electron chi connectivity index (χ1n) is 6.95. The van der Waals surface area contributed by atoms with E-state index in [4.69, 9.17) is 16.3 Å². The number of hydrogen-bond donors (Lipinski definition) is 2. The lowest BCUT2D eigenvalue weighted by Crippen LogP contribution is -2.25. The van der Waals surface area contributed by atoms with Crippen LogP contribution in [-0.4, -0.2) is 24.4 Å². The predicted octanol–water partition coefficient (Wildman–Crippen LogP) is 3.64. The molecular formula is C17H20ClNO2. The lowest BCUT2D eigenvalue weighted by atomic mass is 10.2. The Morgan fingerprint density at radius 3 is 2.57 bits per heavy atom. The van der Waals surface area contributed by atoms with Gasteiger partial charge >= 0.3 is 0 Å². The first kappa shape index (κ1) is 15.8. The zero-order valence-electron chi connectivity index (χ0n) is 12.1. The van der Waals surface area contributed by atoms with E-state index in [9.17, 15) is 5.11 Å². The van der Waals surface area contributed by atoms with Crippen molar-refractivity contribution >= 4 is 17.3 Å². The van der Waals surface area contributed by atoms with Gasteiger partial charge in [0.1, 0.15) is 0 Å². The molecule has 3 nitrogen and oxygen atoms in total. The second-order valence-electron chi connectivity index (χ2n) is 4.99. The summed E-state index contributed by atoms with van der Waals surface area (Å²) < 4.78 is 5.51. The molecule has 21 heavy (non-hydrogen) atoms. The number of nitrogens with one attached hydrogen (secondary N) is 1. The summed E-state index contributed by atoms with van der Waals surface area (Å²) in [5.74, 6) is 0. The molecule has 4 heteroatoms. The molecule has 0 aromatic heterocycles. The Morgan fingerprint density at radius 2 is 1.86 bits per heavy atom. The summed E-state index contributed by atoms with van der Waals surface area (Å²) in [6, 6.07) is 15.5. The van der Waals surface area contributed by atoms with Crippen molar-refractivity contribution in [1.82, 2.24) is 0 Å². The molecule has 0 saturated carbocycles. The van der Waals surface area contributed by atoms with Crippen molar-refractivity contribution in [2.24, 2.45) is 0 Å². The van der Waals surface area contributed by atoms with Gasteiger partial charge in [-0.15, -0.1) is 0 Å². The Balaban J connectivity index is 1.69. The van der Waals surface area contributed by atoms with Gasteiger partial charge in [0, 0.05) is 17.3 Å². The van der Waals surface area contributed by atoms with Crippen molar-refractivity contribution in [3.8, 4) is 0 Å². The molecule has 2 rings (SSSR count). The van der Waals surface area contributed by atoms with Crippen molar-refractivity contribution in [1.29, 1.82) is 0 Å². The second-order valence-corrected chi connectivity index (χ2v) is 5.43. The minimum absolute atomic E-state index is 0.293. The molecule has 0 spiro atoms. The van der Waals surface area contributed by atoms with Gasteiger partial charge < -0.3 is 15.2 Å². The van der Waals surface area contributed by atoms with E-state index in [0.29, 0.717) is 24.8 Å². The average molecular weight is 306 g/mol. The van der Waals surface area contributed by atoms with Gasteiger partial charge in [-0.3, -0.25) is 0 Å². The largest absolute Gasteiger partial charge is 0.389 e. The Labute approximate surface area is 130 Å². The predicted molar refractivity (Wildman–Crippen MR) is 86.8 cm³/mol. The highest BCUT2D eigenvalue weighted by molar-refractivity contribution is 6.30. The molecule has 2 N–H and O–H groups in total. The number of halogens is 1. The van der Waals surface area contributed by atoms with E-state index < -0.39 is 6.10 Å². The smallest absolute Gasteiger partial charge is 0.0945 e. The van der Waals surface area contributed by atoms with Gasteiger partial charge in [0.05, 0.1) is 19.3 Å². The fourth-order valence-corrected chi connectivity index (χ4v) is 2.08. The van der Waals surface area contributed by atoms with Crippen LogP contribution in [0.1, 0.15) is 11.1 Å². The van der Waals surface area contributed by atoms with Crippen LogP contribution in [0.2, 0.25) is 5.02 Å². The molecule has 2 aromatic rings. The van der Waals surface area contributed by atoms with Gasteiger partial charge in [0.15, 0.2) is 0 Å². The van der Waals surface area contributed by atoms with E-state index >= 15 is 0 Å². The summed E-state index contributed by atoms with van der Waals surface area (Å²) in [5, 5.41) is 13.8. The second kappa shape index (κ2) is 8.03. The SMILES string of the molecule is Cc1ccccc1NCC(O)COCc1ccc(Cl)cc1. The summed E-state index contributed by atoms with van der Waals surface area (Å²) in [6.07, 6.45) is -0.545. The maximum absolute atomic E-state index is 9.91. The summed E-state index contributed by atoms with van der Waals surface area (Å²) in [4.78, 5) is 0. The molecule has 1 atom stereocenters. The average Bonchev–Trinajstić information content (AvgIpc) is 2.48. The fourth-order valence-electron chi connectivity index (χ4n) is 1.95. The van der Waals surface area contributed by atoms with Gasteiger partial charge in [-0.05, 0) is 36.2 Å². The van der Waals surface area contributed by atoms with Crippen LogP contribution in [0, 0.1) is 6.92 Å². The molecule has 0 aliphatic rings. The van der Waals surface area contributed by atoms with Gasteiger partial charge in [-0.25, -0.2) is 0 Å². The van der Waals surface area contributed by atoms with E-state index in [1.165, 1.54) is 0 Å². The van der Waals surface area contributed by atoms with Crippen molar-refractivity contribution in [2.45, 2.75) is 19.6 Å². The van der Waals surface area contributed by atoms with Crippen LogP contribution in [-0.2, 0) is 11.3 Å². The quantitative estimate of drug-likeness (QED) is 0.820. The standard InChI is InChI=1S/C17H20ClNO2/c1-13-4-2-3-5-17(13)19-10-16(20)12-21-11-14-6-8-15(18)9-7-14/h2-9,16,19-20H,10-12H2,1H3. The molecular weight excluding hydrogens is 286 g/mol. The highest BCUT2D eigenvalue weighted by Gasteiger charge is 2.05. The van der Waals surface area contributed by atoms with E-state index in [0.717, 1.165) is 16.8 Å². The lowest BCUT2D eigenvalue weighted by Gasteiger charge is -2.14. The number of aryl methyl sites for hydroxylation is 1. The Morgan fingerprint density at radius 1 is 1.14 bits per heavy atom. The third-order valence-electron chi connectivity index (χ3n) is 3.17. The van der Waals surface area contributed by atoms with Crippen LogP contribution >= 0.6 is 11.6 Å². The summed E-state index contributed by atoms with van der Waals surface area (Å²) in [7, 11) is 0. The summed E-state index contributed by atoms with van der Waals surface area (Å²) in [5.41, 5.74) is 3.24. The number of ether oxygens (including phenoxy) is 1. The third-order valence-corrected chi connectivity index (χ3v) is 3.42. The van der Waals surface area contributed by atoms with E-state index in [1.54, 1.807) is 0 Å². The molecule has 0 saturated heterocycles. The highest BCUT2D eigenvalue weighted by atomic mass is 35.5. The molecule has 2 aromatic carbocycles. The minimum Gasteiger partial charge on any atom is -0.389 e. The van der Waals surface area contributed by atoms with E-state index in [2.05, 4.69) is 5.32 Å². The summed E-state index contributed by atoms with van der Waals surface area (Å²) >= 11 is 5.82. The van der Waals surface area contributed by atoms with Crippen molar-refractivity contribution < 1.29 is 9.84 Å². The number of aliphatic hydroxyl groups is 1.